The molecule has 0 atom stereocenters. The molecule has 0 unspecified atom stereocenters. The summed E-state index contributed by atoms with van der Waals surface area (Å²) >= 11 is 6.61. The minimum absolute atomic E-state index is 0.341. The summed E-state index contributed by atoms with van der Waals surface area (Å²) in [4.78, 5) is 14.2. The molecule has 0 aliphatic rings. The third kappa shape index (κ3) is 3.45. The Morgan fingerprint density at radius 2 is 1.56 bits per heavy atom. The van der Waals surface area contributed by atoms with Crippen molar-refractivity contribution in [2.45, 2.75) is 0 Å². The Hall–Kier alpha value is -4.29. The topological polar surface area (TPSA) is 82.5 Å². The third-order valence-corrected chi connectivity index (χ3v) is 6.12. The molecule has 2 N–H and O–H groups in total. The zero-order valence-electron chi connectivity index (χ0n) is 18.3. The van der Waals surface area contributed by atoms with Gasteiger partial charge in [0, 0.05) is 36.0 Å². The van der Waals surface area contributed by atoms with Gasteiger partial charge < -0.3 is 5.73 Å². The van der Waals surface area contributed by atoms with Crippen molar-refractivity contribution in [3.63, 3.8) is 0 Å². The van der Waals surface area contributed by atoms with Gasteiger partial charge in [0.1, 0.15) is 17.1 Å². The first kappa shape index (κ1) is 20.3. The lowest BCUT2D eigenvalue weighted by Gasteiger charge is -2.13. The van der Waals surface area contributed by atoms with E-state index < -0.39 is 0 Å². The lowest BCUT2D eigenvalue weighted by Crippen LogP contribution is -2.03. The second kappa shape index (κ2) is 7.93. The van der Waals surface area contributed by atoms with Gasteiger partial charge in [-0.3, -0.25) is 9.67 Å². The van der Waals surface area contributed by atoms with Crippen molar-refractivity contribution in [1.29, 1.82) is 0 Å². The van der Waals surface area contributed by atoms with Crippen LogP contribution in [0.2, 0.25) is 5.02 Å². The molecular formula is C27H19ClN6. The molecule has 0 bridgehead atoms. The number of hydrogen-bond donors (Lipinski definition) is 1. The predicted molar refractivity (Wildman–Crippen MR) is 137 cm³/mol. The maximum atomic E-state index is 6.61. The van der Waals surface area contributed by atoms with Crippen molar-refractivity contribution in [2.75, 3.05) is 5.73 Å². The second-order valence-corrected chi connectivity index (χ2v) is 8.53. The van der Waals surface area contributed by atoms with E-state index in [2.05, 4.69) is 34.3 Å². The molecule has 0 radical (unpaired) electrons. The molecule has 6 aromatic rings. The number of aromatic nitrogens is 5. The molecule has 6 nitrogen and oxygen atoms in total. The van der Waals surface area contributed by atoms with E-state index >= 15 is 0 Å². The quantitative estimate of drug-likeness (QED) is 0.341. The highest BCUT2D eigenvalue weighted by molar-refractivity contribution is 6.35. The highest BCUT2D eigenvalue weighted by atomic mass is 35.5. The van der Waals surface area contributed by atoms with Crippen LogP contribution in [0.25, 0.3) is 55.6 Å². The molecular weight excluding hydrogens is 444 g/mol. The fraction of sp³-hybridized carbons (Fsp3) is 0.0370. The molecule has 7 heteroatoms. The SMILES string of the molecule is Cn1ccc(-c2nc(N)c(-c3ccc4ccccc4c3)nc2-c2cc(Cl)c3ncccc3c2)n1. The lowest BCUT2D eigenvalue weighted by atomic mass is 10.0. The Morgan fingerprint density at radius 3 is 2.38 bits per heavy atom. The zero-order chi connectivity index (χ0) is 23.2. The first-order valence-electron chi connectivity index (χ1n) is 10.8. The first-order valence-corrected chi connectivity index (χ1v) is 11.2. The predicted octanol–water partition coefficient (Wildman–Crippen LogP) is 6.15. The highest BCUT2D eigenvalue weighted by Gasteiger charge is 2.19. The monoisotopic (exact) mass is 462 g/mol. The van der Waals surface area contributed by atoms with Crippen LogP contribution >= 0.6 is 11.6 Å². The van der Waals surface area contributed by atoms with Gasteiger partial charge in [0.05, 0.1) is 16.2 Å². The number of hydrogen-bond acceptors (Lipinski definition) is 5. The second-order valence-electron chi connectivity index (χ2n) is 8.12. The van der Waals surface area contributed by atoms with E-state index in [-0.39, 0.29) is 0 Å². The van der Waals surface area contributed by atoms with Crippen LogP contribution in [0.5, 0.6) is 0 Å². The van der Waals surface area contributed by atoms with Crippen LogP contribution in [-0.2, 0) is 7.05 Å². The number of nitrogens with zero attached hydrogens (tertiary/aromatic N) is 5. The van der Waals surface area contributed by atoms with Gasteiger partial charge >= 0.3 is 0 Å². The van der Waals surface area contributed by atoms with Crippen molar-refractivity contribution >= 4 is 39.1 Å². The number of halogens is 1. The molecule has 34 heavy (non-hydrogen) atoms. The van der Waals surface area contributed by atoms with Gasteiger partial charge in [-0.05, 0) is 41.1 Å². The van der Waals surface area contributed by atoms with Gasteiger partial charge in [0.15, 0.2) is 5.82 Å². The average molecular weight is 463 g/mol. The van der Waals surface area contributed by atoms with E-state index in [1.807, 2.05) is 61.8 Å². The summed E-state index contributed by atoms with van der Waals surface area (Å²) in [7, 11) is 1.86. The van der Waals surface area contributed by atoms with Crippen molar-refractivity contribution in [3.8, 4) is 33.9 Å². The number of fused-ring (bicyclic) bond motifs is 2. The van der Waals surface area contributed by atoms with Gasteiger partial charge in [-0.15, -0.1) is 0 Å². The van der Waals surface area contributed by atoms with Gasteiger partial charge in [-0.1, -0.05) is 54.1 Å². The number of benzene rings is 3. The van der Waals surface area contributed by atoms with Crippen molar-refractivity contribution in [2.24, 2.45) is 7.05 Å². The van der Waals surface area contributed by atoms with Crippen LogP contribution in [0.1, 0.15) is 0 Å². The van der Waals surface area contributed by atoms with Crippen molar-refractivity contribution < 1.29 is 0 Å². The van der Waals surface area contributed by atoms with E-state index in [1.165, 1.54) is 0 Å². The van der Waals surface area contributed by atoms with Gasteiger partial charge in [0.25, 0.3) is 0 Å². The Balaban J connectivity index is 1.62. The number of aryl methyl sites for hydroxylation is 1. The summed E-state index contributed by atoms with van der Waals surface area (Å²) in [5, 5.41) is 8.27. The standard InChI is InChI=1S/C27H19ClN6/c1-34-12-10-22(33-34)26-24(20-14-18-7-4-11-30-23(18)21(28)15-20)31-25(27(29)32-26)19-9-8-16-5-2-3-6-17(16)13-19/h2-15H,1H3,(H2,29,32). The molecule has 0 spiro atoms. The molecule has 0 amide bonds. The fourth-order valence-electron chi connectivity index (χ4n) is 4.20. The van der Waals surface area contributed by atoms with E-state index in [9.17, 15) is 0 Å². The molecule has 0 saturated heterocycles. The van der Waals surface area contributed by atoms with Crippen molar-refractivity contribution in [3.05, 3.63) is 90.2 Å². The summed E-state index contributed by atoms with van der Waals surface area (Å²) in [6.07, 6.45) is 3.60. The molecule has 0 fully saturated rings. The maximum absolute atomic E-state index is 6.61. The molecule has 0 saturated carbocycles. The Labute approximate surface area is 200 Å². The summed E-state index contributed by atoms with van der Waals surface area (Å²) < 4.78 is 1.73. The zero-order valence-corrected chi connectivity index (χ0v) is 19.0. The fourth-order valence-corrected chi connectivity index (χ4v) is 4.48. The minimum atomic E-state index is 0.341. The number of anilines is 1. The number of nitrogen functional groups attached to an aromatic ring is 1. The summed E-state index contributed by atoms with van der Waals surface area (Å²) in [5.74, 6) is 0.341. The highest BCUT2D eigenvalue weighted by Crippen LogP contribution is 2.37. The number of nitrogens with two attached hydrogens (primary N) is 1. The van der Waals surface area contributed by atoms with E-state index in [0.29, 0.717) is 33.6 Å². The number of rotatable bonds is 3. The van der Waals surface area contributed by atoms with Crippen LogP contribution in [0.3, 0.4) is 0 Å². The van der Waals surface area contributed by atoms with E-state index in [0.717, 1.165) is 32.8 Å². The molecule has 3 aromatic carbocycles. The largest absolute Gasteiger partial charge is 0.382 e. The Kier molecular flexibility index (Phi) is 4.74. The smallest absolute Gasteiger partial charge is 0.150 e. The Bertz CT molecular complexity index is 1710. The first-order chi connectivity index (χ1) is 16.6. The third-order valence-electron chi connectivity index (χ3n) is 5.83. The van der Waals surface area contributed by atoms with Gasteiger partial charge in [0.2, 0.25) is 0 Å². The molecule has 6 rings (SSSR count). The summed E-state index contributed by atoms with van der Waals surface area (Å²) in [5.41, 5.74) is 11.5. The summed E-state index contributed by atoms with van der Waals surface area (Å²) in [6.45, 7) is 0. The average Bonchev–Trinajstić information content (AvgIpc) is 3.29. The molecule has 0 aliphatic heterocycles. The minimum Gasteiger partial charge on any atom is -0.382 e. The van der Waals surface area contributed by atoms with Crippen molar-refractivity contribution in [1.82, 2.24) is 24.7 Å². The van der Waals surface area contributed by atoms with E-state index in [1.54, 1.807) is 10.9 Å². The maximum Gasteiger partial charge on any atom is 0.150 e. The summed E-state index contributed by atoms with van der Waals surface area (Å²) in [6, 6.07) is 24.0. The van der Waals surface area contributed by atoms with Crippen LogP contribution < -0.4 is 5.73 Å². The lowest BCUT2D eigenvalue weighted by molar-refractivity contribution is 0.770. The van der Waals surface area contributed by atoms with Gasteiger partial charge in [-0.2, -0.15) is 5.10 Å². The van der Waals surface area contributed by atoms with Crippen LogP contribution in [0.4, 0.5) is 5.82 Å². The molecule has 3 aromatic heterocycles. The van der Waals surface area contributed by atoms with Crippen LogP contribution in [0.15, 0.2) is 85.2 Å². The molecule has 0 aliphatic carbocycles. The van der Waals surface area contributed by atoms with Crippen LogP contribution in [-0.4, -0.2) is 24.7 Å². The Morgan fingerprint density at radius 1 is 0.765 bits per heavy atom. The molecule has 164 valence electrons. The van der Waals surface area contributed by atoms with Crippen LogP contribution in [0, 0.1) is 0 Å². The van der Waals surface area contributed by atoms with E-state index in [4.69, 9.17) is 27.3 Å². The molecule has 3 heterocycles. The normalized spacial score (nSPS) is 11.4. The number of pyridine rings is 1. The van der Waals surface area contributed by atoms with Gasteiger partial charge in [-0.25, -0.2) is 9.97 Å².